The molecule has 0 saturated carbocycles. The number of nitrogens with zero attached hydrogens (tertiary/aromatic N) is 3. The lowest BCUT2D eigenvalue weighted by Crippen LogP contribution is -2.31. The van der Waals surface area contributed by atoms with Gasteiger partial charge in [-0.15, -0.1) is 13.2 Å². The maximum absolute atomic E-state index is 12.7. The summed E-state index contributed by atoms with van der Waals surface area (Å²) in [5, 5.41) is 9.43. The molecule has 0 N–H and O–H groups in total. The Morgan fingerprint density at radius 2 is 2.03 bits per heavy atom. The Hall–Kier alpha value is -4.00. The van der Waals surface area contributed by atoms with E-state index in [9.17, 15) is 28.0 Å². The predicted octanol–water partition coefficient (Wildman–Crippen LogP) is 3.81. The number of pyridine rings is 1. The van der Waals surface area contributed by atoms with E-state index in [4.69, 9.17) is 4.74 Å². The summed E-state index contributed by atoms with van der Waals surface area (Å²) in [5.41, 5.74) is 1.74. The van der Waals surface area contributed by atoms with Crippen molar-refractivity contribution in [2.45, 2.75) is 19.4 Å². The van der Waals surface area contributed by atoms with E-state index in [2.05, 4.69) is 10.8 Å². The monoisotopic (exact) mass is 443 g/mol. The molecular formula is C22H16F3N3O4. The molecule has 1 aromatic carbocycles. The summed E-state index contributed by atoms with van der Waals surface area (Å²) in [5.74, 6) is -2.86. The molecule has 0 spiro atoms. The SMILES string of the molecule is N#Cc1c(COC(=O)C2CCN(c3cccc(OC(F)(F)F)c3)C2=O)cn2ccccc12. The van der Waals surface area contributed by atoms with E-state index >= 15 is 0 Å². The predicted molar refractivity (Wildman–Crippen MR) is 105 cm³/mol. The zero-order valence-corrected chi connectivity index (χ0v) is 16.5. The lowest BCUT2D eigenvalue weighted by atomic mass is 10.1. The Balaban J connectivity index is 1.44. The molecule has 1 aliphatic rings. The largest absolute Gasteiger partial charge is 0.573 e. The molecule has 0 radical (unpaired) electrons. The van der Waals surface area contributed by atoms with Gasteiger partial charge in [-0.2, -0.15) is 5.26 Å². The van der Waals surface area contributed by atoms with Crippen molar-refractivity contribution in [3.8, 4) is 11.8 Å². The normalized spacial score (nSPS) is 16.2. The van der Waals surface area contributed by atoms with Gasteiger partial charge in [0.05, 0.1) is 11.1 Å². The van der Waals surface area contributed by atoms with Gasteiger partial charge in [-0.3, -0.25) is 9.59 Å². The highest BCUT2D eigenvalue weighted by molar-refractivity contribution is 6.08. The lowest BCUT2D eigenvalue weighted by Gasteiger charge is -2.18. The minimum atomic E-state index is -4.86. The highest BCUT2D eigenvalue weighted by atomic mass is 19.4. The fourth-order valence-corrected chi connectivity index (χ4v) is 3.67. The summed E-state index contributed by atoms with van der Waals surface area (Å²) >= 11 is 0. The van der Waals surface area contributed by atoms with Crippen LogP contribution in [0, 0.1) is 17.2 Å². The second-order valence-corrected chi connectivity index (χ2v) is 7.12. The number of hydrogen-bond donors (Lipinski definition) is 0. The van der Waals surface area contributed by atoms with Gasteiger partial charge in [-0.05, 0) is 30.7 Å². The number of anilines is 1. The maximum atomic E-state index is 12.7. The van der Waals surface area contributed by atoms with Gasteiger partial charge in [0.1, 0.15) is 24.3 Å². The summed E-state index contributed by atoms with van der Waals surface area (Å²) < 4.78 is 48.3. The number of amides is 1. The van der Waals surface area contributed by atoms with Crippen LogP contribution in [0.4, 0.5) is 18.9 Å². The Morgan fingerprint density at radius 1 is 1.22 bits per heavy atom. The van der Waals surface area contributed by atoms with Gasteiger partial charge in [0, 0.05) is 36.3 Å². The van der Waals surface area contributed by atoms with E-state index in [1.165, 1.54) is 17.0 Å². The van der Waals surface area contributed by atoms with Crippen LogP contribution in [0.15, 0.2) is 54.9 Å². The number of carbonyl (C=O) groups is 2. The standard InChI is InChI=1S/C22H16F3N3O4/c23-22(24,25)32-16-5-3-4-15(10-16)28-9-7-17(20(28)29)21(30)31-13-14-12-27-8-2-1-6-19(27)18(14)11-26/h1-6,8,10,12,17H,7,9,13H2. The molecule has 2 aromatic heterocycles. The summed E-state index contributed by atoms with van der Waals surface area (Å²) in [4.78, 5) is 26.5. The third kappa shape index (κ3) is 4.23. The number of aromatic nitrogens is 1. The molecule has 1 fully saturated rings. The number of carbonyl (C=O) groups excluding carboxylic acids is 2. The van der Waals surface area contributed by atoms with Crippen LogP contribution in [0.5, 0.6) is 5.75 Å². The number of alkyl halides is 3. The number of fused-ring (bicyclic) bond motifs is 1. The minimum Gasteiger partial charge on any atom is -0.460 e. The van der Waals surface area contributed by atoms with Crippen molar-refractivity contribution < 1.29 is 32.2 Å². The maximum Gasteiger partial charge on any atom is 0.573 e. The Labute approximate surface area is 180 Å². The van der Waals surface area contributed by atoms with Gasteiger partial charge in [0.25, 0.3) is 0 Å². The lowest BCUT2D eigenvalue weighted by molar-refractivity contribution is -0.274. The quantitative estimate of drug-likeness (QED) is 0.442. The average Bonchev–Trinajstić information content (AvgIpc) is 3.30. The first-order chi connectivity index (χ1) is 15.3. The number of halogens is 3. The van der Waals surface area contributed by atoms with Crippen molar-refractivity contribution in [2.24, 2.45) is 5.92 Å². The Morgan fingerprint density at radius 3 is 2.78 bits per heavy atom. The number of rotatable bonds is 5. The van der Waals surface area contributed by atoms with Crippen LogP contribution in [0.2, 0.25) is 0 Å². The van der Waals surface area contributed by atoms with Gasteiger partial charge in [0.15, 0.2) is 0 Å². The van der Waals surface area contributed by atoms with E-state index in [0.29, 0.717) is 16.6 Å². The number of nitriles is 1. The second kappa shape index (κ2) is 8.26. The van der Waals surface area contributed by atoms with Crippen LogP contribution in [0.1, 0.15) is 17.5 Å². The van der Waals surface area contributed by atoms with Crippen molar-refractivity contribution in [3.05, 3.63) is 66.0 Å². The molecule has 3 aromatic rings. The minimum absolute atomic E-state index is 0.146. The number of ether oxygens (including phenoxy) is 2. The van der Waals surface area contributed by atoms with Crippen molar-refractivity contribution >= 4 is 23.1 Å². The van der Waals surface area contributed by atoms with Crippen molar-refractivity contribution in [2.75, 3.05) is 11.4 Å². The van der Waals surface area contributed by atoms with Crippen LogP contribution in [0.25, 0.3) is 5.52 Å². The molecule has 164 valence electrons. The van der Waals surface area contributed by atoms with Crippen LogP contribution < -0.4 is 9.64 Å². The molecule has 1 atom stereocenters. The van der Waals surface area contributed by atoms with E-state index in [1.807, 2.05) is 0 Å². The van der Waals surface area contributed by atoms with Crippen LogP contribution in [0.3, 0.4) is 0 Å². The van der Waals surface area contributed by atoms with Crippen molar-refractivity contribution in [3.63, 3.8) is 0 Å². The molecule has 32 heavy (non-hydrogen) atoms. The van der Waals surface area contributed by atoms with E-state index in [1.54, 1.807) is 35.0 Å². The Bertz CT molecular complexity index is 1230. The third-order valence-electron chi connectivity index (χ3n) is 5.10. The zero-order valence-electron chi connectivity index (χ0n) is 16.5. The molecule has 4 rings (SSSR count). The average molecular weight is 443 g/mol. The highest BCUT2D eigenvalue weighted by Gasteiger charge is 2.39. The molecule has 0 bridgehead atoms. The first kappa shape index (κ1) is 21.2. The number of benzene rings is 1. The molecule has 7 nitrogen and oxygen atoms in total. The second-order valence-electron chi connectivity index (χ2n) is 7.12. The molecule has 10 heteroatoms. The van der Waals surface area contributed by atoms with Gasteiger partial charge in [0.2, 0.25) is 5.91 Å². The van der Waals surface area contributed by atoms with E-state index in [0.717, 1.165) is 12.1 Å². The van der Waals surface area contributed by atoms with Gasteiger partial charge < -0.3 is 18.8 Å². The first-order valence-electron chi connectivity index (χ1n) is 9.59. The fourth-order valence-electron chi connectivity index (χ4n) is 3.67. The summed E-state index contributed by atoms with van der Waals surface area (Å²) in [6.45, 7) is -0.0320. The first-order valence-corrected chi connectivity index (χ1v) is 9.59. The fraction of sp³-hybridized carbons (Fsp3) is 0.227. The van der Waals surface area contributed by atoms with Gasteiger partial charge in [-0.25, -0.2) is 0 Å². The molecule has 3 heterocycles. The Kier molecular flexibility index (Phi) is 5.48. The van der Waals surface area contributed by atoms with Crippen LogP contribution in [-0.2, 0) is 20.9 Å². The third-order valence-corrected chi connectivity index (χ3v) is 5.10. The van der Waals surface area contributed by atoms with Gasteiger partial charge in [-0.1, -0.05) is 12.1 Å². The molecular weight excluding hydrogens is 427 g/mol. The van der Waals surface area contributed by atoms with E-state index < -0.39 is 29.9 Å². The zero-order chi connectivity index (χ0) is 22.9. The summed E-state index contributed by atoms with van der Waals surface area (Å²) in [7, 11) is 0. The van der Waals surface area contributed by atoms with Crippen LogP contribution >= 0.6 is 0 Å². The molecule has 1 aliphatic heterocycles. The summed E-state index contributed by atoms with van der Waals surface area (Å²) in [6, 6.07) is 12.4. The number of hydrogen-bond acceptors (Lipinski definition) is 5. The highest BCUT2D eigenvalue weighted by Crippen LogP contribution is 2.31. The van der Waals surface area contributed by atoms with Gasteiger partial charge >= 0.3 is 12.3 Å². The molecule has 1 saturated heterocycles. The van der Waals surface area contributed by atoms with Crippen molar-refractivity contribution in [1.82, 2.24) is 4.40 Å². The topological polar surface area (TPSA) is 84.0 Å². The summed E-state index contributed by atoms with van der Waals surface area (Å²) in [6.07, 6.45) is -1.26. The molecule has 1 unspecified atom stereocenters. The number of esters is 1. The molecule has 0 aliphatic carbocycles. The van der Waals surface area contributed by atoms with E-state index in [-0.39, 0.29) is 25.3 Å². The van der Waals surface area contributed by atoms with Crippen molar-refractivity contribution in [1.29, 1.82) is 5.26 Å². The molecule has 1 amide bonds. The van der Waals surface area contributed by atoms with Crippen LogP contribution in [-0.4, -0.2) is 29.2 Å². The smallest absolute Gasteiger partial charge is 0.460 e.